The molecule has 0 radical (unpaired) electrons. The van der Waals surface area contributed by atoms with Gasteiger partial charge in [-0.05, 0) is 19.1 Å². The molecule has 1 aliphatic rings. The first-order valence-corrected chi connectivity index (χ1v) is 7.68. The van der Waals surface area contributed by atoms with Crippen LogP contribution in [0, 0.1) is 6.92 Å². The van der Waals surface area contributed by atoms with Gasteiger partial charge in [0.05, 0.1) is 0 Å². The molecule has 1 fully saturated rings. The van der Waals surface area contributed by atoms with Crippen molar-refractivity contribution < 1.29 is 4.79 Å². The summed E-state index contributed by atoms with van der Waals surface area (Å²) in [6.07, 6.45) is 0. The first-order valence-electron chi connectivity index (χ1n) is 7.68. The summed E-state index contributed by atoms with van der Waals surface area (Å²) in [6, 6.07) is 8.38. The van der Waals surface area contributed by atoms with Gasteiger partial charge in [-0.25, -0.2) is 4.98 Å². The highest BCUT2D eigenvalue weighted by atomic mass is 16.2. The van der Waals surface area contributed by atoms with Crippen LogP contribution in [-0.2, 0) is 4.79 Å². The van der Waals surface area contributed by atoms with Crippen LogP contribution in [0.25, 0.3) is 10.8 Å². The van der Waals surface area contributed by atoms with Crippen molar-refractivity contribution in [2.45, 2.75) is 13.8 Å². The lowest BCUT2D eigenvalue weighted by molar-refractivity contribution is -0.129. The molecule has 116 valence electrons. The van der Waals surface area contributed by atoms with Gasteiger partial charge in [0.1, 0.15) is 5.82 Å². The van der Waals surface area contributed by atoms with Crippen molar-refractivity contribution in [3.05, 3.63) is 30.0 Å². The molecule has 1 aromatic carbocycles. The first-order chi connectivity index (χ1) is 10.6. The van der Waals surface area contributed by atoms with Crippen LogP contribution in [0.2, 0.25) is 0 Å². The number of anilines is 2. The average molecular weight is 298 g/mol. The van der Waals surface area contributed by atoms with Crippen molar-refractivity contribution in [2.75, 3.05) is 43.4 Å². The zero-order valence-electron chi connectivity index (χ0n) is 13.4. The molecule has 0 bridgehead atoms. The lowest BCUT2D eigenvalue weighted by Crippen LogP contribution is -2.48. The second kappa shape index (κ2) is 5.83. The van der Waals surface area contributed by atoms with Gasteiger partial charge < -0.3 is 15.1 Å². The number of rotatable bonds is 2. The minimum absolute atomic E-state index is 0.152. The Morgan fingerprint density at radius 2 is 1.91 bits per heavy atom. The highest BCUT2D eigenvalue weighted by Gasteiger charge is 2.21. The number of aryl methyl sites for hydroxylation is 1. The van der Waals surface area contributed by atoms with E-state index in [1.54, 1.807) is 6.92 Å². The molecule has 2 heterocycles. The van der Waals surface area contributed by atoms with Crippen LogP contribution in [0.3, 0.4) is 0 Å². The highest BCUT2D eigenvalue weighted by Crippen LogP contribution is 2.31. The Bertz CT molecular complexity index is 705. The predicted octanol–water partition coefficient (Wildman–Crippen LogP) is 2.25. The number of nitrogens with zero attached hydrogens (tertiary/aromatic N) is 3. The van der Waals surface area contributed by atoms with Gasteiger partial charge in [0.25, 0.3) is 0 Å². The first kappa shape index (κ1) is 14.6. The van der Waals surface area contributed by atoms with Crippen molar-refractivity contribution in [1.82, 2.24) is 9.88 Å². The van der Waals surface area contributed by atoms with Crippen LogP contribution in [0.15, 0.2) is 24.3 Å². The molecule has 3 rings (SSSR count). The molecule has 0 atom stereocenters. The quantitative estimate of drug-likeness (QED) is 0.924. The molecule has 2 aromatic rings. The number of nitrogens with one attached hydrogen (secondary N) is 1. The van der Waals surface area contributed by atoms with Gasteiger partial charge in [-0.1, -0.05) is 12.1 Å². The molecule has 0 spiro atoms. The van der Waals surface area contributed by atoms with Crippen LogP contribution in [-0.4, -0.2) is 49.0 Å². The molecular formula is C17H22N4O. The topological polar surface area (TPSA) is 48.5 Å². The lowest BCUT2D eigenvalue weighted by atomic mass is 10.1. The zero-order chi connectivity index (χ0) is 15.7. The highest BCUT2D eigenvalue weighted by molar-refractivity contribution is 6.00. The molecule has 1 aliphatic heterocycles. The molecule has 1 amide bonds. The summed E-state index contributed by atoms with van der Waals surface area (Å²) in [5.74, 6) is 1.18. The van der Waals surface area contributed by atoms with Crippen molar-refractivity contribution in [3.8, 4) is 0 Å². The average Bonchev–Trinajstić information content (AvgIpc) is 2.53. The van der Waals surface area contributed by atoms with Gasteiger partial charge >= 0.3 is 0 Å². The maximum absolute atomic E-state index is 11.5. The lowest BCUT2D eigenvalue weighted by Gasteiger charge is -2.35. The third-order valence-corrected chi connectivity index (χ3v) is 4.28. The summed E-state index contributed by atoms with van der Waals surface area (Å²) >= 11 is 0. The van der Waals surface area contributed by atoms with E-state index < -0.39 is 0 Å². The Morgan fingerprint density at radius 1 is 1.18 bits per heavy atom. The van der Waals surface area contributed by atoms with E-state index in [1.807, 2.05) is 18.9 Å². The monoisotopic (exact) mass is 298 g/mol. The number of hydrogen-bond acceptors (Lipinski definition) is 4. The fourth-order valence-electron chi connectivity index (χ4n) is 3.08. The van der Waals surface area contributed by atoms with Crippen LogP contribution >= 0.6 is 0 Å². The van der Waals surface area contributed by atoms with E-state index in [2.05, 4.69) is 34.5 Å². The van der Waals surface area contributed by atoms with Crippen LogP contribution < -0.4 is 10.2 Å². The number of carbonyl (C=O) groups excluding carboxylic acids is 1. The van der Waals surface area contributed by atoms with Crippen LogP contribution in [0.4, 0.5) is 11.5 Å². The summed E-state index contributed by atoms with van der Waals surface area (Å²) in [7, 11) is 1.94. The zero-order valence-corrected chi connectivity index (χ0v) is 13.4. The maximum atomic E-state index is 11.5. The Hall–Kier alpha value is -2.30. The Balaban J connectivity index is 1.99. The van der Waals surface area contributed by atoms with Crippen molar-refractivity contribution >= 4 is 28.2 Å². The number of fused-ring (bicyclic) bond motifs is 1. The van der Waals surface area contributed by atoms with Gasteiger partial charge in [0.15, 0.2) is 0 Å². The molecular weight excluding hydrogens is 276 g/mol. The molecule has 0 saturated carbocycles. The molecule has 5 nitrogen and oxygen atoms in total. The van der Waals surface area contributed by atoms with Crippen molar-refractivity contribution in [2.24, 2.45) is 0 Å². The molecule has 22 heavy (non-hydrogen) atoms. The standard InChI is InChI=1S/C17H22N4O/c1-12-11-15-14(5-4-6-16(15)18-3)17(19-12)21-9-7-20(8-10-21)13(2)22/h4-6,11,18H,7-10H2,1-3H3. The van der Waals surface area contributed by atoms with E-state index >= 15 is 0 Å². The minimum Gasteiger partial charge on any atom is -0.388 e. The van der Waals surface area contributed by atoms with Gasteiger partial charge in [-0.3, -0.25) is 4.79 Å². The summed E-state index contributed by atoms with van der Waals surface area (Å²) in [5.41, 5.74) is 2.13. The SMILES string of the molecule is CNc1cccc2c(N3CCN(C(C)=O)CC3)nc(C)cc12. The van der Waals surface area contributed by atoms with Crippen LogP contribution in [0.5, 0.6) is 0 Å². The van der Waals surface area contributed by atoms with E-state index in [1.165, 1.54) is 5.39 Å². The van der Waals surface area contributed by atoms with Gasteiger partial charge in [-0.2, -0.15) is 0 Å². The normalized spacial score (nSPS) is 15.2. The number of carbonyl (C=O) groups is 1. The number of piperazine rings is 1. The van der Waals surface area contributed by atoms with E-state index in [0.717, 1.165) is 48.8 Å². The van der Waals surface area contributed by atoms with Crippen molar-refractivity contribution in [3.63, 3.8) is 0 Å². The van der Waals surface area contributed by atoms with Gasteiger partial charge in [-0.15, -0.1) is 0 Å². The Labute approximate surface area is 130 Å². The maximum Gasteiger partial charge on any atom is 0.219 e. The third kappa shape index (κ3) is 2.58. The second-order valence-electron chi connectivity index (χ2n) is 5.73. The third-order valence-electron chi connectivity index (χ3n) is 4.28. The predicted molar refractivity (Wildman–Crippen MR) is 90.5 cm³/mol. The van der Waals surface area contributed by atoms with Gasteiger partial charge in [0, 0.05) is 62.3 Å². The molecule has 0 aliphatic carbocycles. The summed E-state index contributed by atoms with van der Waals surface area (Å²) in [4.78, 5) is 20.4. The summed E-state index contributed by atoms with van der Waals surface area (Å²) in [6.45, 7) is 6.84. The van der Waals surface area contributed by atoms with Gasteiger partial charge in [0.2, 0.25) is 5.91 Å². The fraction of sp³-hybridized carbons (Fsp3) is 0.412. The Morgan fingerprint density at radius 3 is 2.55 bits per heavy atom. The summed E-state index contributed by atoms with van der Waals surface area (Å²) in [5, 5.41) is 5.61. The van der Waals surface area contributed by atoms with E-state index in [0.29, 0.717) is 0 Å². The molecule has 0 unspecified atom stereocenters. The smallest absolute Gasteiger partial charge is 0.219 e. The molecule has 1 aromatic heterocycles. The molecule has 5 heteroatoms. The molecule has 1 N–H and O–H groups in total. The Kier molecular flexibility index (Phi) is 3.88. The number of pyridine rings is 1. The second-order valence-corrected chi connectivity index (χ2v) is 5.73. The minimum atomic E-state index is 0.152. The molecule has 1 saturated heterocycles. The fourth-order valence-corrected chi connectivity index (χ4v) is 3.08. The largest absolute Gasteiger partial charge is 0.388 e. The number of amides is 1. The van der Waals surface area contributed by atoms with Crippen molar-refractivity contribution in [1.29, 1.82) is 0 Å². The van der Waals surface area contributed by atoms with E-state index in [4.69, 9.17) is 4.98 Å². The van der Waals surface area contributed by atoms with Crippen LogP contribution in [0.1, 0.15) is 12.6 Å². The number of benzene rings is 1. The number of aromatic nitrogens is 1. The van der Waals surface area contributed by atoms with E-state index in [9.17, 15) is 4.79 Å². The number of hydrogen-bond donors (Lipinski definition) is 1. The van der Waals surface area contributed by atoms with E-state index in [-0.39, 0.29) is 5.91 Å². The summed E-state index contributed by atoms with van der Waals surface area (Å²) < 4.78 is 0.